The highest BCUT2D eigenvalue weighted by Gasteiger charge is 2.18. The number of benzene rings is 2. The zero-order chi connectivity index (χ0) is 14.0. The first-order valence-corrected chi connectivity index (χ1v) is 6.53. The van der Waals surface area contributed by atoms with Gasteiger partial charge in [-0.15, -0.1) is 0 Å². The summed E-state index contributed by atoms with van der Waals surface area (Å²) in [5.74, 6) is 5.07. The summed E-state index contributed by atoms with van der Waals surface area (Å²) in [6.07, 6.45) is 0. The number of hydrogen-bond acceptors (Lipinski definition) is 2. The van der Waals surface area contributed by atoms with Crippen molar-refractivity contribution in [3.05, 3.63) is 68.4 Å². The van der Waals surface area contributed by atoms with E-state index in [-0.39, 0.29) is 5.02 Å². The van der Waals surface area contributed by atoms with Crippen LogP contribution in [0.5, 0.6) is 0 Å². The van der Waals surface area contributed by atoms with Crippen LogP contribution in [0.15, 0.2) is 36.4 Å². The van der Waals surface area contributed by atoms with Gasteiger partial charge in [-0.2, -0.15) is 0 Å². The number of rotatable bonds is 3. The van der Waals surface area contributed by atoms with Crippen LogP contribution >= 0.6 is 34.8 Å². The lowest BCUT2D eigenvalue weighted by atomic mass is 9.99. The summed E-state index contributed by atoms with van der Waals surface area (Å²) in [6, 6.07) is 9.17. The number of hydrogen-bond donors (Lipinski definition) is 2. The summed E-state index contributed by atoms with van der Waals surface area (Å²) >= 11 is 17.9. The van der Waals surface area contributed by atoms with Gasteiger partial charge >= 0.3 is 0 Å². The lowest BCUT2D eigenvalue weighted by Crippen LogP contribution is -2.29. The minimum atomic E-state index is -0.488. The monoisotopic (exact) mass is 318 g/mol. The van der Waals surface area contributed by atoms with Crippen LogP contribution in [-0.4, -0.2) is 0 Å². The molecule has 0 spiro atoms. The molecule has 2 aromatic carbocycles. The molecule has 0 saturated heterocycles. The van der Waals surface area contributed by atoms with E-state index in [0.717, 1.165) is 0 Å². The Bertz CT molecular complexity index is 604. The van der Waals surface area contributed by atoms with Crippen LogP contribution in [0.3, 0.4) is 0 Å². The Morgan fingerprint density at radius 1 is 1.05 bits per heavy atom. The van der Waals surface area contributed by atoms with Crippen LogP contribution in [0.2, 0.25) is 15.1 Å². The first kappa shape index (κ1) is 14.6. The molecule has 0 aliphatic heterocycles. The van der Waals surface area contributed by atoms with E-state index in [1.165, 1.54) is 12.1 Å². The maximum absolute atomic E-state index is 13.2. The zero-order valence-corrected chi connectivity index (χ0v) is 11.9. The second kappa shape index (κ2) is 6.07. The molecule has 0 bridgehead atoms. The highest BCUT2D eigenvalue weighted by atomic mass is 35.5. The molecule has 0 aromatic heterocycles. The third-order valence-corrected chi connectivity index (χ3v) is 3.86. The molecule has 2 aromatic rings. The molecule has 1 unspecified atom stereocenters. The summed E-state index contributed by atoms with van der Waals surface area (Å²) in [5, 5.41) is 0.844. The molecule has 19 heavy (non-hydrogen) atoms. The molecule has 0 amide bonds. The van der Waals surface area contributed by atoms with Crippen molar-refractivity contribution < 1.29 is 4.39 Å². The van der Waals surface area contributed by atoms with Gasteiger partial charge in [-0.05, 0) is 29.3 Å². The number of nitrogens with one attached hydrogen (secondary N) is 1. The second-order valence-electron chi connectivity index (χ2n) is 3.92. The summed E-state index contributed by atoms with van der Waals surface area (Å²) in [5.41, 5.74) is 4.01. The van der Waals surface area contributed by atoms with E-state index >= 15 is 0 Å². The minimum Gasteiger partial charge on any atom is -0.271 e. The van der Waals surface area contributed by atoms with Crippen LogP contribution in [0, 0.1) is 5.82 Å². The normalized spacial score (nSPS) is 12.5. The Morgan fingerprint density at radius 3 is 2.42 bits per heavy atom. The molecular weight excluding hydrogens is 310 g/mol. The van der Waals surface area contributed by atoms with E-state index in [4.69, 9.17) is 40.6 Å². The van der Waals surface area contributed by atoms with E-state index in [1.54, 1.807) is 24.3 Å². The molecule has 2 nitrogen and oxygen atoms in total. The average molecular weight is 320 g/mol. The van der Waals surface area contributed by atoms with Gasteiger partial charge in [0, 0.05) is 0 Å². The highest BCUT2D eigenvalue weighted by molar-refractivity contribution is 6.42. The maximum atomic E-state index is 13.2. The fraction of sp³-hybridized carbons (Fsp3) is 0.0769. The van der Waals surface area contributed by atoms with E-state index < -0.39 is 11.9 Å². The van der Waals surface area contributed by atoms with Crippen molar-refractivity contribution >= 4 is 34.8 Å². The number of hydrazine groups is 1. The minimum absolute atomic E-state index is 0.0240. The Morgan fingerprint density at radius 2 is 1.79 bits per heavy atom. The molecular formula is C13H10Cl3FN2. The van der Waals surface area contributed by atoms with Crippen molar-refractivity contribution in [3.63, 3.8) is 0 Å². The van der Waals surface area contributed by atoms with E-state index in [1.807, 2.05) is 0 Å². The predicted molar refractivity (Wildman–Crippen MR) is 77.0 cm³/mol. The lowest BCUT2D eigenvalue weighted by molar-refractivity contribution is 0.616. The van der Waals surface area contributed by atoms with Gasteiger partial charge in [-0.3, -0.25) is 5.84 Å². The van der Waals surface area contributed by atoms with Gasteiger partial charge in [0.1, 0.15) is 5.82 Å². The largest absolute Gasteiger partial charge is 0.271 e. The molecule has 0 aliphatic rings. The number of nitrogens with two attached hydrogens (primary N) is 1. The second-order valence-corrected chi connectivity index (χ2v) is 5.11. The molecule has 3 N–H and O–H groups in total. The van der Waals surface area contributed by atoms with Crippen molar-refractivity contribution in [1.29, 1.82) is 0 Å². The maximum Gasteiger partial charge on any atom is 0.141 e. The van der Waals surface area contributed by atoms with E-state index in [0.29, 0.717) is 21.2 Å². The zero-order valence-electron chi connectivity index (χ0n) is 9.63. The van der Waals surface area contributed by atoms with E-state index in [9.17, 15) is 4.39 Å². The van der Waals surface area contributed by atoms with Crippen LogP contribution in [0.1, 0.15) is 17.2 Å². The Hall–Kier alpha value is -0.840. The number of halogens is 4. The van der Waals surface area contributed by atoms with Gasteiger partial charge in [0.2, 0.25) is 0 Å². The molecule has 0 radical (unpaired) electrons. The van der Waals surface area contributed by atoms with Gasteiger partial charge in [0.15, 0.2) is 0 Å². The van der Waals surface area contributed by atoms with E-state index in [2.05, 4.69) is 5.43 Å². The summed E-state index contributed by atoms with van der Waals surface area (Å²) in [6.45, 7) is 0. The topological polar surface area (TPSA) is 38.0 Å². The molecule has 1 atom stereocenters. The van der Waals surface area contributed by atoms with Crippen molar-refractivity contribution in [2.75, 3.05) is 0 Å². The van der Waals surface area contributed by atoms with Crippen molar-refractivity contribution in [2.24, 2.45) is 5.84 Å². The Labute approximate surface area is 125 Å². The lowest BCUT2D eigenvalue weighted by Gasteiger charge is -2.19. The summed E-state index contributed by atoms with van der Waals surface area (Å²) in [7, 11) is 0. The summed E-state index contributed by atoms with van der Waals surface area (Å²) in [4.78, 5) is 0. The van der Waals surface area contributed by atoms with Gasteiger partial charge in [-0.1, -0.05) is 53.0 Å². The average Bonchev–Trinajstić information content (AvgIpc) is 2.39. The van der Waals surface area contributed by atoms with Crippen molar-refractivity contribution in [2.45, 2.75) is 6.04 Å². The molecule has 0 heterocycles. The smallest absolute Gasteiger partial charge is 0.141 e. The SMILES string of the molecule is NNC(c1ccc(F)c(Cl)c1)c1cccc(Cl)c1Cl. The highest BCUT2D eigenvalue weighted by Crippen LogP contribution is 2.33. The van der Waals surface area contributed by atoms with Gasteiger partial charge in [-0.25, -0.2) is 9.82 Å². The fourth-order valence-electron chi connectivity index (χ4n) is 1.80. The van der Waals surface area contributed by atoms with Crippen molar-refractivity contribution in [1.82, 2.24) is 5.43 Å². The third-order valence-electron chi connectivity index (χ3n) is 2.74. The molecule has 0 saturated carbocycles. The summed E-state index contributed by atoms with van der Waals surface area (Å²) < 4.78 is 13.2. The molecule has 2 rings (SSSR count). The van der Waals surface area contributed by atoms with Gasteiger partial charge < -0.3 is 0 Å². The molecule has 0 fully saturated rings. The molecule has 0 aliphatic carbocycles. The van der Waals surface area contributed by atoms with Crippen LogP contribution in [-0.2, 0) is 0 Å². The van der Waals surface area contributed by atoms with Gasteiger partial charge in [0.25, 0.3) is 0 Å². The van der Waals surface area contributed by atoms with Crippen LogP contribution < -0.4 is 11.3 Å². The first-order chi connectivity index (χ1) is 9.04. The molecule has 100 valence electrons. The van der Waals surface area contributed by atoms with Crippen LogP contribution in [0.25, 0.3) is 0 Å². The predicted octanol–water partition coefficient (Wildman–Crippen LogP) is 4.34. The third kappa shape index (κ3) is 3.02. The van der Waals surface area contributed by atoms with Crippen LogP contribution in [0.4, 0.5) is 4.39 Å². The molecule has 6 heteroatoms. The van der Waals surface area contributed by atoms with Crippen molar-refractivity contribution in [3.8, 4) is 0 Å². The first-order valence-electron chi connectivity index (χ1n) is 5.39. The standard InChI is InChI=1S/C13H10Cl3FN2/c14-9-3-1-2-8(12(9)16)13(19-18)7-4-5-11(17)10(15)6-7/h1-6,13,19H,18H2. The Balaban J connectivity index is 2.50. The quantitative estimate of drug-likeness (QED) is 0.652. The fourth-order valence-corrected chi connectivity index (χ4v) is 2.41. The Kier molecular flexibility index (Phi) is 4.66. The van der Waals surface area contributed by atoms with Gasteiger partial charge in [0.05, 0.1) is 21.1 Å².